The van der Waals surface area contributed by atoms with Gasteiger partial charge in [0.05, 0.1) is 25.7 Å². The largest absolute Gasteiger partial charge is 0.481 e. The molecule has 1 saturated heterocycles. The number of aliphatic carboxylic acids is 1. The Morgan fingerprint density at radius 2 is 2.00 bits per heavy atom. The number of morpholine rings is 1. The van der Waals surface area contributed by atoms with Crippen LogP contribution in [0.4, 0.5) is 4.39 Å². The summed E-state index contributed by atoms with van der Waals surface area (Å²) >= 11 is 0. The van der Waals surface area contributed by atoms with Crippen molar-refractivity contribution in [2.45, 2.75) is 26.3 Å². The summed E-state index contributed by atoms with van der Waals surface area (Å²) in [7, 11) is 0. The highest BCUT2D eigenvalue weighted by Gasteiger charge is 2.30. The van der Waals surface area contributed by atoms with Crippen LogP contribution >= 0.6 is 0 Å². The molecule has 5 nitrogen and oxygen atoms in total. The number of carbonyl (C=O) groups is 2. The van der Waals surface area contributed by atoms with E-state index in [9.17, 15) is 14.0 Å². The molecule has 0 aliphatic carbocycles. The van der Waals surface area contributed by atoms with Crippen LogP contribution in [0.25, 0.3) is 0 Å². The predicted molar refractivity (Wildman–Crippen MR) is 73.8 cm³/mol. The molecule has 0 bridgehead atoms. The summed E-state index contributed by atoms with van der Waals surface area (Å²) < 4.78 is 18.9. The molecule has 2 rings (SSSR count). The van der Waals surface area contributed by atoms with Gasteiger partial charge in [0.2, 0.25) is 0 Å². The minimum absolute atomic E-state index is 0.162. The summed E-state index contributed by atoms with van der Waals surface area (Å²) in [6.45, 7) is 4.13. The van der Waals surface area contributed by atoms with Crippen molar-refractivity contribution in [3.8, 4) is 0 Å². The van der Waals surface area contributed by atoms with Crippen LogP contribution in [0.5, 0.6) is 0 Å². The maximum atomic E-state index is 13.6. The van der Waals surface area contributed by atoms with Crippen molar-refractivity contribution in [1.29, 1.82) is 0 Å². The normalized spacial score (nSPS) is 18.6. The Morgan fingerprint density at radius 3 is 2.57 bits per heavy atom. The third kappa shape index (κ3) is 3.39. The molecule has 114 valence electrons. The fourth-order valence-electron chi connectivity index (χ4n) is 2.53. The predicted octanol–water partition coefficient (Wildman–Crippen LogP) is 1.76. The highest BCUT2D eigenvalue weighted by Crippen LogP contribution is 2.19. The van der Waals surface area contributed by atoms with Crippen LogP contribution < -0.4 is 0 Å². The highest BCUT2D eigenvalue weighted by molar-refractivity contribution is 5.95. The zero-order valence-corrected chi connectivity index (χ0v) is 12.1. The number of ether oxygens (including phenoxy) is 1. The van der Waals surface area contributed by atoms with E-state index in [2.05, 4.69) is 0 Å². The molecule has 6 heteroatoms. The third-order valence-corrected chi connectivity index (χ3v) is 3.58. The average molecular weight is 295 g/mol. The molecule has 1 unspecified atom stereocenters. The maximum Gasteiger partial charge on any atom is 0.305 e. The van der Waals surface area contributed by atoms with Gasteiger partial charge in [-0.05, 0) is 37.1 Å². The average Bonchev–Trinajstić information content (AvgIpc) is 2.43. The third-order valence-electron chi connectivity index (χ3n) is 3.58. The van der Waals surface area contributed by atoms with Crippen LogP contribution in [0, 0.1) is 19.7 Å². The minimum atomic E-state index is -0.977. The fraction of sp³-hybridized carbons (Fsp3) is 0.467. The molecule has 1 atom stereocenters. The molecule has 0 spiro atoms. The van der Waals surface area contributed by atoms with E-state index in [1.165, 1.54) is 17.0 Å². The molecule has 1 aromatic carbocycles. The molecular formula is C15H18FNO4. The van der Waals surface area contributed by atoms with Crippen molar-refractivity contribution >= 4 is 11.9 Å². The lowest BCUT2D eigenvalue weighted by Gasteiger charge is -2.35. The number of benzene rings is 1. The van der Waals surface area contributed by atoms with Crippen LogP contribution in [0.2, 0.25) is 0 Å². The number of rotatable bonds is 3. The first kappa shape index (κ1) is 15.4. The summed E-state index contributed by atoms with van der Waals surface area (Å²) in [6.07, 6.45) is -0.162. The first-order valence-electron chi connectivity index (χ1n) is 6.77. The highest BCUT2D eigenvalue weighted by atomic mass is 19.1. The van der Waals surface area contributed by atoms with E-state index in [1.807, 2.05) is 0 Å². The first-order chi connectivity index (χ1) is 9.90. The van der Waals surface area contributed by atoms with Crippen molar-refractivity contribution in [1.82, 2.24) is 4.90 Å². The zero-order chi connectivity index (χ0) is 15.6. The second-order valence-corrected chi connectivity index (χ2v) is 5.25. The van der Waals surface area contributed by atoms with E-state index in [4.69, 9.17) is 9.84 Å². The monoisotopic (exact) mass is 295 g/mol. The maximum absolute atomic E-state index is 13.6. The quantitative estimate of drug-likeness (QED) is 0.922. The lowest BCUT2D eigenvalue weighted by atomic mass is 10.0. The van der Waals surface area contributed by atoms with Crippen molar-refractivity contribution < 1.29 is 23.8 Å². The molecule has 1 aromatic rings. The molecule has 1 fully saturated rings. The number of amides is 1. The zero-order valence-electron chi connectivity index (χ0n) is 12.1. The Morgan fingerprint density at radius 1 is 1.38 bits per heavy atom. The summed E-state index contributed by atoms with van der Waals surface area (Å²) in [5.74, 6) is -1.58. The van der Waals surface area contributed by atoms with E-state index in [1.54, 1.807) is 13.8 Å². The molecule has 1 aliphatic heterocycles. The summed E-state index contributed by atoms with van der Waals surface area (Å²) in [4.78, 5) is 24.9. The van der Waals surface area contributed by atoms with Crippen molar-refractivity contribution in [2.75, 3.05) is 19.8 Å². The molecular weight excluding hydrogens is 277 g/mol. The Hall–Kier alpha value is -1.95. The number of carbonyl (C=O) groups excluding carboxylic acids is 1. The van der Waals surface area contributed by atoms with E-state index in [0.717, 1.165) is 0 Å². The molecule has 0 saturated carbocycles. The van der Waals surface area contributed by atoms with Crippen LogP contribution in [0.15, 0.2) is 12.1 Å². The number of hydrogen-bond donors (Lipinski definition) is 1. The number of nitrogens with zero attached hydrogens (tertiary/aromatic N) is 1. The summed E-state index contributed by atoms with van der Waals surface area (Å²) in [5, 5.41) is 8.92. The Balaban J connectivity index is 2.26. The van der Waals surface area contributed by atoms with Gasteiger partial charge in [-0.25, -0.2) is 4.39 Å². The van der Waals surface area contributed by atoms with Gasteiger partial charge < -0.3 is 14.7 Å². The van der Waals surface area contributed by atoms with Crippen LogP contribution in [0.3, 0.4) is 0 Å². The molecule has 1 amide bonds. The van der Waals surface area contributed by atoms with Gasteiger partial charge in [0, 0.05) is 12.1 Å². The fourth-order valence-corrected chi connectivity index (χ4v) is 2.53. The Kier molecular flexibility index (Phi) is 4.57. The van der Waals surface area contributed by atoms with Gasteiger partial charge in [0.1, 0.15) is 5.82 Å². The number of hydrogen-bond acceptors (Lipinski definition) is 3. The van der Waals surface area contributed by atoms with Gasteiger partial charge in [-0.1, -0.05) is 0 Å². The SMILES string of the molecule is Cc1cc(C(=O)N2CCOCC2CC(=O)O)cc(C)c1F. The second kappa shape index (κ2) is 6.22. The van der Waals surface area contributed by atoms with Gasteiger partial charge in [-0.3, -0.25) is 9.59 Å². The van der Waals surface area contributed by atoms with Gasteiger partial charge in [-0.15, -0.1) is 0 Å². The Labute approximate surface area is 122 Å². The van der Waals surface area contributed by atoms with Gasteiger partial charge in [-0.2, -0.15) is 0 Å². The molecule has 21 heavy (non-hydrogen) atoms. The number of carboxylic acids is 1. The molecule has 0 radical (unpaired) electrons. The smallest absolute Gasteiger partial charge is 0.305 e. The summed E-state index contributed by atoms with van der Waals surface area (Å²) in [5.41, 5.74) is 1.19. The van der Waals surface area contributed by atoms with E-state index >= 15 is 0 Å². The number of aryl methyl sites for hydroxylation is 2. The van der Waals surface area contributed by atoms with E-state index < -0.39 is 12.0 Å². The van der Waals surface area contributed by atoms with Crippen molar-refractivity contribution in [2.24, 2.45) is 0 Å². The number of halogens is 1. The first-order valence-corrected chi connectivity index (χ1v) is 6.77. The lowest BCUT2D eigenvalue weighted by molar-refractivity contribution is -0.139. The lowest BCUT2D eigenvalue weighted by Crippen LogP contribution is -2.49. The van der Waals surface area contributed by atoms with Crippen LogP contribution in [-0.4, -0.2) is 47.7 Å². The van der Waals surface area contributed by atoms with E-state index in [0.29, 0.717) is 29.8 Å². The molecule has 1 heterocycles. The second-order valence-electron chi connectivity index (χ2n) is 5.25. The van der Waals surface area contributed by atoms with Gasteiger partial charge in [0.25, 0.3) is 5.91 Å². The molecule has 1 N–H and O–H groups in total. The molecule has 0 aromatic heterocycles. The minimum Gasteiger partial charge on any atom is -0.481 e. The molecule has 1 aliphatic rings. The Bertz CT molecular complexity index is 550. The number of carboxylic acid groups (broad SMARTS) is 1. The van der Waals surface area contributed by atoms with Crippen molar-refractivity contribution in [3.05, 3.63) is 34.6 Å². The van der Waals surface area contributed by atoms with Crippen LogP contribution in [-0.2, 0) is 9.53 Å². The van der Waals surface area contributed by atoms with Gasteiger partial charge in [0.15, 0.2) is 0 Å². The summed E-state index contributed by atoms with van der Waals surface area (Å²) in [6, 6.07) is 2.50. The topological polar surface area (TPSA) is 66.8 Å². The van der Waals surface area contributed by atoms with Gasteiger partial charge >= 0.3 is 5.97 Å². The van der Waals surface area contributed by atoms with E-state index in [-0.39, 0.29) is 24.8 Å². The van der Waals surface area contributed by atoms with Crippen molar-refractivity contribution in [3.63, 3.8) is 0 Å². The van der Waals surface area contributed by atoms with Crippen LogP contribution in [0.1, 0.15) is 27.9 Å². The standard InChI is InChI=1S/C15H18FNO4/c1-9-5-11(6-10(2)14(9)16)15(20)17-3-4-21-8-12(17)7-13(18)19/h5-6,12H,3-4,7-8H2,1-2H3,(H,18,19).